The Hall–Kier alpha value is -2.58. The second-order valence-corrected chi connectivity index (χ2v) is 8.98. The van der Waals surface area contributed by atoms with Crippen LogP contribution in [-0.2, 0) is 11.2 Å². The van der Waals surface area contributed by atoms with Crippen molar-refractivity contribution in [3.05, 3.63) is 52.0 Å². The molecule has 1 aromatic carbocycles. The predicted molar refractivity (Wildman–Crippen MR) is 114 cm³/mol. The van der Waals surface area contributed by atoms with Gasteiger partial charge in [0.15, 0.2) is 0 Å². The minimum Gasteiger partial charge on any atom is -0.339 e. The molecule has 6 nitrogen and oxygen atoms in total. The van der Waals surface area contributed by atoms with Gasteiger partial charge >= 0.3 is 0 Å². The summed E-state index contributed by atoms with van der Waals surface area (Å²) in [6, 6.07) is 10.2. The van der Waals surface area contributed by atoms with Crippen LogP contribution in [0, 0.1) is 0 Å². The second-order valence-electron chi connectivity index (χ2n) is 7.14. The van der Waals surface area contributed by atoms with Gasteiger partial charge in [-0.3, -0.25) is 4.79 Å². The third-order valence-electron chi connectivity index (χ3n) is 5.22. The first-order chi connectivity index (χ1) is 14.3. The number of para-hydroxylation sites is 1. The topological polar surface area (TPSA) is 72.1 Å². The van der Waals surface area contributed by atoms with Gasteiger partial charge in [0.25, 0.3) is 0 Å². The van der Waals surface area contributed by atoms with E-state index >= 15 is 0 Å². The van der Waals surface area contributed by atoms with Gasteiger partial charge in [0, 0.05) is 30.3 Å². The molecule has 0 aliphatic carbocycles. The molecule has 1 fully saturated rings. The van der Waals surface area contributed by atoms with E-state index in [9.17, 15) is 4.79 Å². The monoisotopic (exact) mass is 424 g/mol. The Morgan fingerprint density at radius 1 is 1.21 bits per heavy atom. The first-order valence-corrected chi connectivity index (χ1v) is 11.5. The molecule has 1 atom stereocenters. The highest BCUT2D eigenvalue weighted by atomic mass is 32.1. The van der Waals surface area contributed by atoms with Gasteiger partial charge in [0.1, 0.15) is 5.01 Å². The molecule has 3 aromatic heterocycles. The summed E-state index contributed by atoms with van der Waals surface area (Å²) < 4.78 is 6.51. The largest absolute Gasteiger partial charge is 0.339 e. The molecule has 0 spiro atoms. The summed E-state index contributed by atoms with van der Waals surface area (Å²) in [5.74, 6) is 1.22. The van der Waals surface area contributed by atoms with Crippen molar-refractivity contribution in [3.63, 3.8) is 0 Å². The molecule has 1 aliphatic rings. The van der Waals surface area contributed by atoms with E-state index in [4.69, 9.17) is 9.51 Å². The molecule has 1 saturated heterocycles. The number of likely N-dealkylation sites (tertiary alicyclic amines) is 1. The highest BCUT2D eigenvalue weighted by molar-refractivity contribution is 7.18. The van der Waals surface area contributed by atoms with E-state index in [-0.39, 0.29) is 11.9 Å². The maximum Gasteiger partial charge on any atom is 0.227 e. The molecule has 1 amide bonds. The van der Waals surface area contributed by atoms with Gasteiger partial charge in [-0.15, -0.1) is 11.3 Å². The number of carbonyl (C=O) groups is 1. The summed E-state index contributed by atoms with van der Waals surface area (Å²) in [4.78, 5) is 24.2. The van der Waals surface area contributed by atoms with Gasteiger partial charge in [-0.2, -0.15) is 16.3 Å². The Morgan fingerprint density at radius 2 is 2.14 bits per heavy atom. The molecule has 5 rings (SSSR count). The number of nitrogens with zero attached hydrogens (tertiary/aromatic N) is 4. The summed E-state index contributed by atoms with van der Waals surface area (Å²) in [7, 11) is 0. The molecule has 29 heavy (non-hydrogen) atoms. The SMILES string of the molecule is O=C(CCc1nc(-c2ccsc2)no1)N1CCCC[C@H]1c1nc2ccccc2s1. The van der Waals surface area contributed by atoms with E-state index in [2.05, 4.69) is 16.2 Å². The van der Waals surface area contributed by atoms with Crippen LogP contribution >= 0.6 is 22.7 Å². The third-order valence-corrected chi connectivity index (χ3v) is 7.04. The van der Waals surface area contributed by atoms with Crippen LogP contribution in [0.2, 0.25) is 0 Å². The number of piperidine rings is 1. The first kappa shape index (κ1) is 18.4. The maximum atomic E-state index is 13.0. The molecule has 4 aromatic rings. The van der Waals surface area contributed by atoms with Crippen molar-refractivity contribution in [2.75, 3.05) is 6.54 Å². The Bertz CT molecular complexity index is 1090. The van der Waals surface area contributed by atoms with E-state index < -0.39 is 0 Å². The van der Waals surface area contributed by atoms with Crippen LogP contribution in [0.5, 0.6) is 0 Å². The number of thiazole rings is 1. The van der Waals surface area contributed by atoms with Gasteiger partial charge in [-0.05, 0) is 42.8 Å². The quantitative estimate of drug-likeness (QED) is 0.446. The van der Waals surface area contributed by atoms with E-state index in [1.807, 2.05) is 39.9 Å². The summed E-state index contributed by atoms with van der Waals surface area (Å²) in [6.45, 7) is 0.781. The lowest BCUT2D eigenvalue weighted by molar-refractivity contribution is -0.135. The second kappa shape index (κ2) is 8.04. The van der Waals surface area contributed by atoms with Crippen LogP contribution in [0.1, 0.15) is 42.6 Å². The standard InChI is InChI=1S/C21H20N4O2S2/c26-19(9-8-18-23-20(24-27-18)14-10-12-28-13-14)25-11-4-3-6-16(25)21-22-15-5-1-2-7-17(15)29-21/h1-2,5,7,10,12-13,16H,3-4,6,8-9,11H2/t16-/m0/s1. The third kappa shape index (κ3) is 3.82. The lowest BCUT2D eigenvalue weighted by Gasteiger charge is -2.34. The zero-order valence-corrected chi connectivity index (χ0v) is 17.4. The number of hydrogen-bond donors (Lipinski definition) is 0. The summed E-state index contributed by atoms with van der Waals surface area (Å²) >= 11 is 3.29. The molecule has 0 bridgehead atoms. The van der Waals surface area contributed by atoms with Crippen molar-refractivity contribution in [2.45, 2.75) is 38.1 Å². The molecule has 1 aliphatic heterocycles. The summed E-state index contributed by atoms with van der Waals surface area (Å²) in [6.07, 6.45) is 3.95. The molecule has 0 saturated carbocycles. The molecule has 148 valence electrons. The number of amides is 1. The molecular weight excluding hydrogens is 404 g/mol. The van der Waals surface area contributed by atoms with Crippen molar-refractivity contribution in [3.8, 4) is 11.4 Å². The number of aryl methyl sites for hydroxylation is 1. The fourth-order valence-electron chi connectivity index (χ4n) is 3.74. The van der Waals surface area contributed by atoms with Crippen LogP contribution < -0.4 is 0 Å². The maximum absolute atomic E-state index is 13.0. The smallest absolute Gasteiger partial charge is 0.227 e. The number of carbonyl (C=O) groups excluding carboxylic acids is 1. The molecule has 0 unspecified atom stereocenters. The van der Waals surface area contributed by atoms with E-state index in [1.54, 1.807) is 22.7 Å². The molecule has 0 radical (unpaired) electrons. The Kier molecular flexibility index (Phi) is 5.12. The number of rotatable bonds is 5. The van der Waals surface area contributed by atoms with Crippen molar-refractivity contribution >= 4 is 38.8 Å². The van der Waals surface area contributed by atoms with Gasteiger partial charge < -0.3 is 9.42 Å². The summed E-state index contributed by atoms with van der Waals surface area (Å²) in [5.41, 5.74) is 1.96. The van der Waals surface area contributed by atoms with Gasteiger partial charge in [0.2, 0.25) is 17.6 Å². The molecular formula is C21H20N4O2S2. The minimum atomic E-state index is 0.0673. The number of benzene rings is 1. The van der Waals surface area contributed by atoms with Crippen LogP contribution in [0.3, 0.4) is 0 Å². The van der Waals surface area contributed by atoms with Gasteiger partial charge in [-0.25, -0.2) is 4.98 Å². The zero-order valence-electron chi connectivity index (χ0n) is 15.8. The highest BCUT2D eigenvalue weighted by Crippen LogP contribution is 2.36. The van der Waals surface area contributed by atoms with Crippen LogP contribution in [0.4, 0.5) is 0 Å². The van der Waals surface area contributed by atoms with Crippen LogP contribution in [0.15, 0.2) is 45.6 Å². The zero-order chi connectivity index (χ0) is 19.6. The summed E-state index contributed by atoms with van der Waals surface area (Å²) in [5, 5.41) is 9.02. The van der Waals surface area contributed by atoms with Crippen molar-refractivity contribution < 1.29 is 9.32 Å². The lowest BCUT2D eigenvalue weighted by atomic mass is 10.0. The molecule has 8 heteroatoms. The number of fused-ring (bicyclic) bond motifs is 1. The Balaban J connectivity index is 1.28. The van der Waals surface area contributed by atoms with Gasteiger partial charge in [0.05, 0.1) is 16.3 Å². The predicted octanol–water partition coefficient (Wildman–Crippen LogP) is 5.09. The number of aromatic nitrogens is 3. The molecule has 0 N–H and O–H groups in total. The average molecular weight is 425 g/mol. The first-order valence-electron chi connectivity index (χ1n) is 9.78. The number of hydrogen-bond acceptors (Lipinski definition) is 7. The van der Waals surface area contributed by atoms with Crippen LogP contribution in [-0.4, -0.2) is 32.5 Å². The molecule has 4 heterocycles. The Morgan fingerprint density at radius 3 is 3.00 bits per heavy atom. The highest BCUT2D eigenvalue weighted by Gasteiger charge is 2.30. The van der Waals surface area contributed by atoms with Crippen LogP contribution in [0.25, 0.3) is 21.6 Å². The van der Waals surface area contributed by atoms with Gasteiger partial charge in [-0.1, -0.05) is 17.3 Å². The minimum absolute atomic E-state index is 0.0673. The number of thiophene rings is 1. The fraction of sp³-hybridized carbons (Fsp3) is 0.333. The normalized spacial score (nSPS) is 17.1. The Labute approximate surface area is 176 Å². The van der Waals surface area contributed by atoms with Crippen molar-refractivity contribution in [1.82, 2.24) is 20.0 Å². The fourth-order valence-corrected chi connectivity index (χ4v) is 5.49. The van der Waals surface area contributed by atoms with E-state index in [0.29, 0.717) is 24.6 Å². The van der Waals surface area contributed by atoms with E-state index in [1.165, 1.54) is 4.70 Å². The van der Waals surface area contributed by atoms with E-state index in [0.717, 1.165) is 41.9 Å². The average Bonchev–Trinajstić information content (AvgIpc) is 3.52. The van der Waals surface area contributed by atoms with Crippen molar-refractivity contribution in [2.24, 2.45) is 0 Å². The lowest BCUT2D eigenvalue weighted by Crippen LogP contribution is -2.38. The van der Waals surface area contributed by atoms with Crippen molar-refractivity contribution in [1.29, 1.82) is 0 Å².